The van der Waals surface area contributed by atoms with Crippen molar-refractivity contribution in [3.8, 4) is 0 Å². The number of benzene rings is 1. The summed E-state index contributed by atoms with van der Waals surface area (Å²) in [4.78, 5) is 26.9. The number of ether oxygens (including phenoxy) is 1. The lowest BCUT2D eigenvalue weighted by atomic mass is 10.2. The van der Waals surface area contributed by atoms with Crippen molar-refractivity contribution in [3.05, 3.63) is 58.7 Å². The summed E-state index contributed by atoms with van der Waals surface area (Å²) in [6, 6.07) is 9.83. The van der Waals surface area contributed by atoms with Crippen LogP contribution in [0.2, 0.25) is 5.02 Å². The van der Waals surface area contributed by atoms with Crippen LogP contribution in [-0.2, 0) is 27.1 Å². The molecule has 0 saturated heterocycles. The molecule has 2 aromatic rings. The van der Waals surface area contributed by atoms with E-state index in [1.54, 1.807) is 12.1 Å². The van der Waals surface area contributed by atoms with Gasteiger partial charge in [0.1, 0.15) is 19.0 Å². The van der Waals surface area contributed by atoms with Gasteiger partial charge in [0.2, 0.25) is 5.91 Å². The molecule has 0 unspecified atom stereocenters. The van der Waals surface area contributed by atoms with E-state index in [-0.39, 0.29) is 37.0 Å². The number of nitrogens with zero attached hydrogens (tertiary/aromatic N) is 1. The highest BCUT2D eigenvalue weighted by Gasteiger charge is 2.31. The van der Waals surface area contributed by atoms with Crippen molar-refractivity contribution in [2.45, 2.75) is 19.2 Å². The molecule has 0 bridgehead atoms. The van der Waals surface area contributed by atoms with E-state index >= 15 is 0 Å². The van der Waals surface area contributed by atoms with E-state index in [0.29, 0.717) is 6.20 Å². The average Bonchev–Trinajstić information content (AvgIpc) is 2.66. The van der Waals surface area contributed by atoms with Crippen LogP contribution in [0.3, 0.4) is 0 Å². The number of esters is 1. The molecule has 1 aromatic heterocycles. The Morgan fingerprint density at radius 1 is 1.18 bits per heavy atom. The standard InChI is InChI=1S/C18H17ClF3N3O3/c19-14-8-13(18(20,21)22)9-25-17(14)23-7-6-15(26)24-10-16(27)28-11-12-4-2-1-3-5-12/h1-5,8-9H,6-7,10-11H2,(H,23,25)(H,24,26). The summed E-state index contributed by atoms with van der Waals surface area (Å²) in [5.41, 5.74) is -0.137. The molecule has 0 aliphatic carbocycles. The SMILES string of the molecule is O=C(CCNc1ncc(C(F)(F)F)cc1Cl)NCC(=O)OCc1ccccc1. The van der Waals surface area contributed by atoms with Crippen molar-refractivity contribution < 1.29 is 27.5 Å². The van der Waals surface area contributed by atoms with Gasteiger partial charge in [0.05, 0.1) is 10.6 Å². The van der Waals surface area contributed by atoms with Crippen LogP contribution in [0.15, 0.2) is 42.6 Å². The minimum absolute atomic E-state index is 0.0322. The molecule has 1 amide bonds. The first kappa shape index (κ1) is 21.5. The van der Waals surface area contributed by atoms with Gasteiger partial charge < -0.3 is 15.4 Å². The monoisotopic (exact) mass is 415 g/mol. The number of carbonyl (C=O) groups is 2. The van der Waals surface area contributed by atoms with Crippen molar-refractivity contribution in [1.29, 1.82) is 0 Å². The third-order valence-corrected chi connectivity index (χ3v) is 3.77. The third-order valence-electron chi connectivity index (χ3n) is 3.49. The topological polar surface area (TPSA) is 80.3 Å². The Kier molecular flexibility index (Phi) is 7.62. The number of hydrogen-bond donors (Lipinski definition) is 2. The largest absolute Gasteiger partial charge is 0.460 e. The van der Waals surface area contributed by atoms with Crippen LogP contribution in [0, 0.1) is 0 Å². The fraction of sp³-hybridized carbons (Fsp3) is 0.278. The second-order valence-electron chi connectivity index (χ2n) is 5.65. The zero-order chi connectivity index (χ0) is 20.6. The van der Waals surface area contributed by atoms with Crippen LogP contribution in [0.4, 0.5) is 19.0 Å². The molecule has 1 aromatic carbocycles. The van der Waals surface area contributed by atoms with Crippen LogP contribution in [-0.4, -0.2) is 29.9 Å². The summed E-state index contributed by atoms with van der Waals surface area (Å²) in [7, 11) is 0. The molecule has 0 atom stereocenters. The Morgan fingerprint density at radius 3 is 2.54 bits per heavy atom. The Morgan fingerprint density at radius 2 is 1.89 bits per heavy atom. The molecule has 0 spiro atoms. The van der Waals surface area contributed by atoms with Gasteiger partial charge in [-0.2, -0.15) is 13.2 Å². The Labute approximate surface area is 164 Å². The number of rotatable bonds is 8. The van der Waals surface area contributed by atoms with Gasteiger partial charge in [0, 0.05) is 19.2 Å². The van der Waals surface area contributed by atoms with Gasteiger partial charge in [-0.1, -0.05) is 41.9 Å². The lowest BCUT2D eigenvalue weighted by Gasteiger charge is -2.11. The summed E-state index contributed by atoms with van der Waals surface area (Å²) < 4.78 is 42.7. The molecule has 1 heterocycles. The van der Waals surface area contributed by atoms with Crippen LogP contribution >= 0.6 is 11.6 Å². The normalized spacial score (nSPS) is 11.0. The van der Waals surface area contributed by atoms with E-state index < -0.39 is 23.6 Å². The van der Waals surface area contributed by atoms with E-state index in [0.717, 1.165) is 11.6 Å². The average molecular weight is 416 g/mol. The summed E-state index contributed by atoms with van der Waals surface area (Å²) in [5, 5.41) is 4.85. The Bertz CT molecular complexity index is 817. The molecular formula is C18H17ClF3N3O3. The maximum atomic E-state index is 12.5. The number of nitrogens with one attached hydrogen (secondary N) is 2. The van der Waals surface area contributed by atoms with Crippen molar-refractivity contribution in [1.82, 2.24) is 10.3 Å². The van der Waals surface area contributed by atoms with E-state index in [1.807, 2.05) is 18.2 Å². The summed E-state index contributed by atoms with van der Waals surface area (Å²) >= 11 is 5.75. The second-order valence-corrected chi connectivity index (χ2v) is 6.06. The summed E-state index contributed by atoms with van der Waals surface area (Å²) in [6.07, 6.45) is -3.92. The summed E-state index contributed by atoms with van der Waals surface area (Å²) in [5.74, 6) is -0.991. The molecule has 10 heteroatoms. The first-order valence-corrected chi connectivity index (χ1v) is 8.56. The molecule has 28 heavy (non-hydrogen) atoms. The van der Waals surface area contributed by atoms with Gasteiger partial charge in [-0.15, -0.1) is 0 Å². The van der Waals surface area contributed by atoms with Gasteiger partial charge in [-0.25, -0.2) is 4.98 Å². The molecule has 0 aliphatic rings. The van der Waals surface area contributed by atoms with Gasteiger partial charge >= 0.3 is 12.1 Å². The van der Waals surface area contributed by atoms with Gasteiger partial charge in [-0.05, 0) is 11.6 Å². The molecule has 0 fully saturated rings. The minimum atomic E-state index is -4.54. The van der Waals surface area contributed by atoms with E-state index in [1.165, 1.54) is 0 Å². The lowest BCUT2D eigenvalue weighted by molar-refractivity contribution is -0.145. The zero-order valence-electron chi connectivity index (χ0n) is 14.6. The highest BCUT2D eigenvalue weighted by atomic mass is 35.5. The molecule has 6 nitrogen and oxygen atoms in total. The molecule has 150 valence electrons. The lowest BCUT2D eigenvalue weighted by Crippen LogP contribution is -2.31. The molecule has 0 radical (unpaired) electrons. The minimum Gasteiger partial charge on any atom is -0.460 e. The van der Waals surface area contributed by atoms with Crippen molar-refractivity contribution >= 4 is 29.3 Å². The van der Waals surface area contributed by atoms with Gasteiger partial charge in [0.15, 0.2) is 0 Å². The number of amides is 1. The molecule has 0 aliphatic heterocycles. The van der Waals surface area contributed by atoms with Crippen molar-refractivity contribution in [2.75, 3.05) is 18.4 Å². The first-order valence-electron chi connectivity index (χ1n) is 8.18. The Hall–Kier alpha value is -2.81. The first-order chi connectivity index (χ1) is 13.3. The van der Waals surface area contributed by atoms with Crippen LogP contribution in [0.1, 0.15) is 17.5 Å². The number of alkyl halides is 3. The second kappa shape index (κ2) is 9.93. The molecule has 2 rings (SSSR count). The third kappa shape index (κ3) is 7.07. The Balaban J connectivity index is 1.68. The molecule has 0 saturated carbocycles. The quantitative estimate of drug-likeness (QED) is 0.646. The molecule has 2 N–H and O–H groups in total. The molecular weight excluding hydrogens is 399 g/mol. The van der Waals surface area contributed by atoms with Crippen LogP contribution < -0.4 is 10.6 Å². The van der Waals surface area contributed by atoms with Gasteiger partial charge in [0.25, 0.3) is 0 Å². The predicted molar refractivity (Wildman–Crippen MR) is 96.6 cm³/mol. The number of pyridine rings is 1. The van der Waals surface area contributed by atoms with E-state index in [4.69, 9.17) is 16.3 Å². The number of carbonyl (C=O) groups excluding carboxylic acids is 2. The zero-order valence-corrected chi connectivity index (χ0v) is 15.3. The number of halogens is 4. The highest BCUT2D eigenvalue weighted by molar-refractivity contribution is 6.32. The van der Waals surface area contributed by atoms with E-state index in [2.05, 4.69) is 15.6 Å². The highest BCUT2D eigenvalue weighted by Crippen LogP contribution is 2.32. The number of anilines is 1. The maximum absolute atomic E-state index is 12.5. The maximum Gasteiger partial charge on any atom is 0.417 e. The fourth-order valence-electron chi connectivity index (χ4n) is 2.07. The number of hydrogen-bond acceptors (Lipinski definition) is 5. The van der Waals surface area contributed by atoms with Gasteiger partial charge in [-0.3, -0.25) is 9.59 Å². The fourth-order valence-corrected chi connectivity index (χ4v) is 2.30. The van der Waals surface area contributed by atoms with Crippen molar-refractivity contribution in [3.63, 3.8) is 0 Å². The smallest absolute Gasteiger partial charge is 0.417 e. The van der Waals surface area contributed by atoms with Crippen molar-refractivity contribution in [2.24, 2.45) is 0 Å². The van der Waals surface area contributed by atoms with Crippen LogP contribution in [0.25, 0.3) is 0 Å². The number of aromatic nitrogens is 1. The predicted octanol–water partition coefficient (Wildman–Crippen LogP) is 3.42. The van der Waals surface area contributed by atoms with E-state index in [9.17, 15) is 22.8 Å². The summed E-state index contributed by atoms with van der Waals surface area (Å²) in [6.45, 7) is -0.108. The van der Waals surface area contributed by atoms with Crippen LogP contribution in [0.5, 0.6) is 0 Å².